The fraction of sp³-hybridized carbons (Fsp3) is 0.238. The van der Waals surface area contributed by atoms with Crippen molar-refractivity contribution in [1.29, 1.82) is 0 Å². The maximum atomic E-state index is 13.1. The van der Waals surface area contributed by atoms with Gasteiger partial charge in [0, 0.05) is 30.6 Å². The Labute approximate surface area is 175 Å². The summed E-state index contributed by atoms with van der Waals surface area (Å²) in [5, 5.41) is 9.61. The number of benzene rings is 1. The van der Waals surface area contributed by atoms with E-state index < -0.39 is 23.3 Å². The van der Waals surface area contributed by atoms with Gasteiger partial charge in [-0.05, 0) is 25.1 Å². The molecule has 0 saturated carbocycles. The van der Waals surface area contributed by atoms with E-state index in [9.17, 15) is 23.1 Å². The molecule has 10 heteroatoms. The first-order valence-corrected chi connectivity index (χ1v) is 9.26. The van der Waals surface area contributed by atoms with E-state index in [0.29, 0.717) is 11.1 Å². The molecule has 0 aliphatic carbocycles. The number of pyridine rings is 1. The van der Waals surface area contributed by atoms with E-state index in [1.165, 1.54) is 48.6 Å². The lowest BCUT2D eigenvalue weighted by Crippen LogP contribution is -2.26. The highest BCUT2D eigenvalue weighted by Gasteiger charge is 2.30. The summed E-state index contributed by atoms with van der Waals surface area (Å²) in [6.07, 6.45) is -0.450. The SMILES string of the molecule is CN=CC(=CN)c1nc(-c2ccc(C(F)(F)F)cc2)cc2c(=O)n(C(C)CO)cnc12. The highest BCUT2D eigenvalue weighted by Crippen LogP contribution is 2.31. The fourth-order valence-corrected chi connectivity index (χ4v) is 3.05. The molecule has 0 bridgehead atoms. The minimum atomic E-state index is -4.47. The average molecular weight is 431 g/mol. The first kappa shape index (κ1) is 22.2. The Kier molecular flexibility index (Phi) is 6.21. The lowest BCUT2D eigenvalue weighted by atomic mass is 10.0. The van der Waals surface area contributed by atoms with Gasteiger partial charge in [-0.15, -0.1) is 0 Å². The summed E-state index contributed by atoms with van der Waals surface area (Å²) in [7, 11) is 1.54. The maximum absolute atomic E-state index is 13.1. The molecule has 0 fully saturated rings. The van der Waals surface area contributed by atoms with Crippen LogP contribution >= 0.6 is 0 Å². The number of allylic oxidation sites excluding steroid dienone is 1. The molecule has 0 radical (unpaired) electrons. The van der Waals surface area contributed by atoms with Gasteiger partial charge in [0.05, 0.1) is 35.6 Å². The maximum Gasteiger partial charge on any atom is 0.416 e. The number of hydrogen-bond acceptors (Lipinski definition) is 6. The smallest absolute Gasteiger partial charge is 0.404 e. The van der Waals surface area contributed by atoms with Crippen molar-refractivity contribution in [3.63, 3.8) is 0 Å². The van der Waals surface area contributed by atoms with E-state index in [0.717, 1.165) is 12.1 Å². The van der Waals surface area contributed by atoms with Crippen LogP contribution in [0.1, 0.15) is 24.2 Å². The normalized spacial score (nSPS) is 13.8. The topological polar surface area (TPSA) is 106 Å². The molecule has 31 heavy (non-hydrogen) atoms. The van der Waals surface area contributed by atoms with Gasteiger partial charge in [-0.25, -0.2) is 9.97 Å². The molecule has 1 unspecified atom stereocenters. The number of rotatable bonds is 5. The number of hydrogen-bond donors (Lipinski definition) is 2. The van der Waals surface area contributed by atoms with E-state index in [4.69, 9.17) is 5.73 Å². The number of nitrogens with zero attached hydrogens (tertiary/aromatic N) is 4. The van der Waals surface area contributed by atoms with Crippen LogP contribution in [0.25, 0.3) is 27.7 Å². The summed E-state index contributed by atoms with van der Waals surface area (Å²) in [5.41, 5.74) is 6.07. The van der Waals surface area contributed by atoms with Crippen molar-refractivity contribution < 1.29 is 18.3 Å². The van der Waals surface area contributed by atoms with Crippen molar-refractivity contribution in [3.8, 4) is 11.3 Å². The monoisotopic (exact) mass is 431 g/mol. The van der Waals surface area contributed by atoms with E-state index >= 15 is 0 Å². The molecule has 7 nitrogen and oxygen atoms in total. The predicted molar refractivity (Wildman–Crippen MR) is 113 cm³/mol. The molecule has 1 aromatic carbocycles. The highest BCUT2D eigenvalue weighted by molar-refractivity contribution is 6.13. The third-order valence-electron chi connectivity index (χ3n) is 4.74. The van der Waals surface area contributed by atoms with E-state index in [-0.39, 0.29) is 28.9 Å². The molecular formula is C21H20F3N5O2. The van der Waals surface area contributed by atoms with Crippen LogP contribution in [0.2, 0.25) is 0 Å². The lowest BCUT2D eigenvalue weighted by molar-refractivity contribution is -0.137. The summed E-state index contributed by atoms with van der Waals surface area (Å²) < 4.78 is 40.0. The minimum Gasteiger partial charge on any atom is -0.404 e. The van der Waals surface area contributed by atoms with Gasteiger partial charge in [0.2, 0.25) is 0 Å². The fourth-order valence-electron chi connectivity index (χ4n) is 3.05. The lowest BCUT2D eigenvalue weighted by Gasteiger charge is -2.15. The number of alkyl halides is 3. The molecule has 1 atom stereocenters. The van der Waals surface area contributed by atoms with Crippen LogP contribution in [0.3, 0.4) is 0 Å². The van der Waals surface area contributed by atoms with Crippen LogP contribution in [-0.2, 0) is 6.18 Å². The van der Waals surface area contributed by atoms with Crippen molar-refractivity contribution in [2.75, 3.05) is 13.7 Å². The number of aliphatic imine (C=N–C) groups is 1. The molecule has 0 amide bonds. The summed E-state index contributed by atoms with van der Waals surface area (Å²) in [6.45, 7) is 1.38. The predicted octanol–water partition coefficient (Wildman–Crippen LogP) is 3.03. The van der Waals surface area contributed by atoms with Gasteiger partial charge >= 0.3 is 6.18 Å². The Morgan fingerprint density at radius 3 is 2.55 bits per heavy atom. The van der Waals surface area contributed by atoms with Crippen LogP contribution in [-0.4, -0.2) is 39.5 Å². The Balaban J connectivity index is 2.31. The standard InChI is InChI=1S/C21H20F3N5O2/c1-12(10-30)29-11-27-19-16(20(29)31)7-17(28-18(19)14(8-25)9-26-2)13-3-5-15(6-4-13)21(22,23)24/h3-9,11-12,30H,10,25H2,1-2H3. The Morgan fingerprint density at radius 1 is 1.32 bits per heavy atom. The molecule has 2 heterocycles. The molecule has 162 valence electrons. The second kappa shape index (κ2) is 8.68. The van der Waals surface area contributed by atoms with Gasteiger partial charge in [0.15, 0.2) is 0 Å². The molecule has 0 spiro atoms. The highest BCUT2D eigenvalue weighted by atomic mass is 19.4. The zero-order valence-corrected chi connectivity index (χ0v) is 16.8. The molecule has 2 aromatic heterocycles. The molecular weight excluding hydrogens is 411 g/mol. The third-order valence-corrected chi connectivity index (χ3v) is 4.74. The van der Waals surface area contributed by atoms with Gasteiger partial charge < -0.3 is 10.8 Å². The van der Waals surface area contributed by atoms with Crippen molar-refractivity contribution in [2.45, 2.75) is 19.1 Å². The van der Waals surface area contributed by atoms with Gasteiger partial charge in [0.25, 0.3) is 5.56 Å². The molecule has 3 rings (SSSR count). The molecule has 0 aliphatic heterocycles. The molecule has 0 saturated heterocycles. The summed E-state index contributed by atoms with van der Waals surface area (Å²) in [4.78, 5) is 25.8. The number of aliphatic hydroxyl groups is 1. The Morgan fingerprint density at radius 2 is 2.00 bits per heavy atom. The molecule has 3 N–H and O–H groups in total. The molecule has 3 aromatic rings. The number of halogens is 3. The van der Waals surface area contributed by atoms with E-state index in [2.05, 4.69) is 15.0 Å². The van der Waals surface area contributed by atoms with E-state index in [1.54, 1.807) is 6.92 Å². The largest absolute Gasteiger partial charge is 0.416 e. The van der Waals surface area contributed by atoms with Crippen molar-refractivity contribution in [3.05, 3.63) is 64.5 Å². The summed E-state index contributed by atoms with van der Waals surface area (Å²) >= 11 is 0. The van der Waals surface area contributed by atoms with Crippen LogP contribution < -0.4 is 11.3 Å². The zero-order chi connectivity index (χ0) is 22.8. The van der Waals surface area contributed by atoms with Gasteiger partial charge in [-0.1, -0.05) is 12.1 Å². The Bertz CT molecular complexity index is 1210. The van der Waals surface area contributed by atoms with Crippen molar-refractivity contribution in [2.24, 2.45) is 10.7 Å². The van der Waals surface area contributed by atoms with Gasteiger partial charge in [-0.2, -0.15) is 13.2 Å². The zero-order valence-electron chi connectivity index (χ0n) is 16.8. The number of fused-ring (bicyclic) bond motifs is 1. The first-order valence-electron chi connectivity index (χ1n) is 9.26. The van der Waals surface area contributed by atoms with Crippen LogP contribution in [0.5, 0.6) is 0 Å². The van der Waals surface area contributed by atoms with Gasteiger partial charge in [-0.3, -0.25) is 14.4 Å². The van der Waals surface area contributed by atoms with Crippen LogP contribution in [0.4, 0.5) is 13.2 Å². The second-order valence-electron chi connectivity index (χ2n) is 6.83. The number of aliphatic hydroxyl groups excluding tert-OH is 1. The second-order valence-corrected chi connectivity index (χ2v) is 6.83. The third kappa shape index (κ3) is 4.33. The molecule has 0 aliphatic rings. The average Bonchev–Trinajstić information content (AvgIpc) is 2.76. The van der Waals surface area contributed by atoms with Crippen molar-refractivity contribution >= 4 is 22.7 Å². The quantitative estimate of drug-likeness (QED) is 0.604. The van der Waals surface area contributed by atoms with Crippen LogP contribution in [0.15, 0.2) is 52.6 Å². The summed E-state index contributed by atoms with van der Waals surface area (Å²) in [5.74, 6) is 0. The number of aromatic nitrogens is 3. The van der Waals surface area contributed by atoms with Crippen LogP contribution in [0, 0.1) is 0 Å². The van der Waals surface area contributed by atoms with Crippen molar-refractivity contribution in [1.82, 2.24) is 14.5 Å². The van der Waals surface area contributed by atoms with E-state index in [1.807, 2.05) is 0 Å². The Hall–Kier alpha value is -3.53. The number of nitrogens with two attached hydrogens (primary N) is 1. The summed E-state index contributed by atoms with van der Waals surface area (Å²) in [6, 6.07) is 5.41. The minimum absolute atomic E-state index is 0.187. The first-order chi connectivity index (χ1) is 14.7. The van der Waals surface area contributed by atoms with Gasteiger partial charge in [0.1, 0.15) is 11.2 Å².